The molecule has 358 valence electrons. The molecule has 2 amide bonds. The zero-order valence-electron chi connectivity index (χ0n) is 37.9. The maximum atomic E-state index is 12.7. The molecule has 0 bridgehead atoms. The number of carbonyl (C=O) groups excluding carboxylic acids is 4. The highest BCUT2D eigenvalue weighted by molar-refractivity contribution is 5.85. The second kappa shape index (κ2) is 30.3. The lowest BCUT2D eigenvalue weighted by molar-refractivity contribution is -0.144. The van der Waals surface area contributed by atoms with Gasteiger partial charge in [-0.25, -0.2) is 9.59 Å². The van der Waals surface area contributed by atoms with E-state index < -0.39 is 12.2 Å². The number of esters is 2. The van der Waals surface area contributed by atoms with Crippen molar-refractivity contribution in [3.63, 3.8) is 0 Å². The molecule has 0 aliphatic rings. The molecule has 1 atom stereocenters. The van der Waals surface area contributed by atoms with Crippen molar-refractivity contribution in [2.45, 2.75) is 45.4 Å². The van der Waals surface area contributed by atoms with Crippen LogP contribution in [0.25, 0.3) is 0 Å². The van der Waals surface area contributed by atoms with E-state index in [-0.39, 0.29) is 83.6 Å². The van der Waals surface area contributed by atoms with E-state index in [4.69, 9.17) is 39.4 Å². The van der Waals surface area contributed by atoms with Gasteiger partial charge in [0.25, 0.3) is 0 Å². The highest BCUT2D eigenvalue weighted by Gasteiger charge is 2.14. The predicted molar refractivity (Wildman–Crippen MR) is 250 cm³/mol. The lowest BCUT2D eigenvalue weighted by Gasteiger charge is -2.19. The summed E-state index contributed by atoms with van der Waals surface area (Å²) in [4.78, 5) is 53.3. The molecular weight excluding hydrogens is 849 g/mol. The maximum absolute atomic E-state index is 12.7. The topological polar surface area (TPSA) is 217 Å². The highest BCUT2D eigenvalue weighted by atomic mass is 16.6. The van der Waals surface area contributed by atoms with Crippen molar-refractivity contribution < 1.29 is 58.6 Å². The maximum Gasteiger partial charge on any atom is 0.411 e. The van der Waals surface area contributed by atoms with Crippen LogP contribution in [0.1, 0.15) is 53.1 Å². The van der Waals surface area contributed by atoms with Crippen molar-refractivity contribution >= 4 is 35.5 Å². The van der Waals surface area contributed by atoms with Gasteiger partial charge in [-0.3, -0.25) is 30.0 Å². The summed E-state index contributed by atoms with van der Waals surface area (Å²) >= 11 is 0. The summed E-state index contributed by atoms with van der Waals surface area (Å²) in [6.07, 6.45) is 1.75. The number of amides is 2. The molecule has 0 spiro atoms. The monoisotopic (exact) mass is 914 g/mol. The molecule has 4 rings (SSSR count). The number of nitrogens with zero attached hydrogens (tertiary/aromatic N) is 2. The minimum atomic E-state index is -0.589. The van der Waals surface area contributed by atoms with Gasteiger partial charge >= 0.3 is 24.1 Å². The third kappa shape index (κ3) is 21.0. The summed E-state index contributed by atoms with van der Waals surface area (Å²) in [6, 6.07) is 30.4. The summed E-state index contributed by atoms with van der Waals surface area (Å²) < 4.78 is 21.6. The van der Waals surface area contributed by atoms with Gasteiger partial charge in [0.05, 0.1) is 52.5 Å². The molecule has 0 saturated carbocycles. The second-order valence-electron chi connectivity index (χ2n) is 15.8. The number of aliphatic hydroxyl groups excluding tert-OH is 4. The fraction of sp³-hybridized carbons (Fsp3) is 0.440. The van der Waals surface area contributed by atoms with Gasteiger partial charge in [0.15, 0.2) is 0 Å². The Bertz CT molecular complexity index is 2000. The number of hydrogen-bond acceptors (Lipinski definition) is 14. The number of carbonyl (C=O) groups is 4. The minimum Gasteiger partial charge on any atom is -0.465 e. The van der Waals surface area contributed by atoms with E-state index in [1.54, 1.807) is 29.2 Å². The molecule has 1 unspecified atom stereocenters. The molecule has 16 nitrogen and oxygen atoms in total. The molecule has 4 aromatic rings. The Morgan fingerprint density at radius 3 is 1.21 bits per heavy atom. The average Bonchev–Trinajstić information content (AvgIpc) is 3.30. The number of nitrogens with one attached hydrogen (secondary N) is 2. The minimum absolute atomic E-state index is 0.0290. The average molecular weight is 915 g/mol. The SMILES string of the molecule is CCC(CCOC(=O)Nc1ccc(Cc2ccc(NC(=O)OCCN(CCO)CCO)cc2)cc1)COC(=O)Cc1ccc(Cc2ccc(CC(=O)OCCN(CCO)CCO)cc2)cc1. The van der Waals surface area contributed by atoms with E-state index >= 15 is 0 Å². The Labute approximate surface area is 387 Å². The Hall–Kier alpha value is -5.88. The Kier molecular flexibility index (Phi) is 24.3. The lowest BCUT2D eigenvalue weighted by atomic mass is 10.0. The summed E-state index contributed by atoms with van der Waals surface area (Å²) in [7, 11) is 0. The van der Waals surface area contributed by atoms with Gasteiger partial charge in [0.1, 0.15) is 13.2 Å². The van der Waals surface area contributed by atoms with Crippen LogP contribution in [-0.4, -0.2) is 146 Å². The van der Waals surface area contributed by atoms with Gasteiger partial charge < -0.3 is 39.4 Å². The van der Waals surface area contributed by atoms with Crippen molar-refractivity contribution in [1.82, 2.24) is 9.80 Å². The molecule has 0 aliphatic heterocycles. The first-order chi connectivity index (χ1) is 32.1. The predicted octanol–water partition coefficient (Wildman–Crippen LogP) is 4.83. The van der Waals surface area contributed by atoms with Crippen LogP contribution in [0.2, 0.25) is 0 Å². The van der Waals surface area contributed by atoms with Crippen molar-refractivity contribution in [3.8, 4) is 0 Å². The molecule has 16 heteroatoms. The molecule has 0 fully saturated rings. The van der Waals surface area contributed by atoms with Crippen molar-refractivity contribution in [2.75, 3.05) is 103 Å². The van der Waals surface area contributed by atoms with Crippen LogP contribution in [0.3, 0.4) is 0 Å². The lowest BCUT2D eigenvalue weighted by Crippen LogP contribution is -2.33. The summed E-state index contributed by atoms with van der Waals surface area (Å²) in [5.41, 5.74) is 7.07. The van der Waals surface area contributed by atoms with Crippen molar-refractivity contribution in [1.29, 1.82) is 0 Å². The van der Waals surface area contributed by atoms with Crippen LogP contribution in [0.5, 0.6) is 0 Å². The van der Waals surface area contributed by atoms with Crippen molar-refractivity contribution in [3.05, 3.63) is 130 Å². The van der Waals surface area contributed by atoms with E-state index in [0.717, 1.165) is 39.8 Å². The Morgan fingerprint density at radius 2 is 0.818 bits per heavy atom. The molecule has 66 heavy (non-hydrogen) atoms. The summed E-state index contributed by atoms with van der Waals surface area (Å²) in [5, 5.41) is 41.9. The third-order valence-electron chi connectivity index (χ3n) is 10.8. The van der Waals surface area contributed by atoms with Gasteiger partial charge in [-0.1, -0.05) is 79.7 Å². The Balaban J connectivity index is 1.08. The highest BCUT2D eigenvalue weighted by Crippen LogP contribution is 2.18. The number of rotatable bonds is 30. The van der Waals surface area contributed by atoms with Crippen molar-refractivity contribution in [2.24, 2.45) is 5.92 Å². The smallest absolute Gasteiger partial charge is 0.411 e. The zero-order chi connectivity index (χ0) is 47.4. The van der Waals surface area contributed by atoms with Crippen LogP contribution in [0, 0.1) is 5.92 Å². The molecule has 6 N–H and O–H groups in total. The normalized spacial score (nSPS) is 11.6. The largest absolute Gasteiger partial charge is 0.465 e. The number of ether oxygens (including phenoxy) is 4. The first kappa shape index (κ1) is 52.7. The van der Waals surface area contributed by atoms with Gasteiger partial charge in [0, 0.05) is 50.6 Å². The van der Waals surface area contributed by atoms with E-state index in [1.807, 2.05) is 84.6 Å². The van der Waals surface area contributed by atoms with E-state index in [1.165, 1.54) is 0 Å². The van der Waals surface area contributed by atoms with E-state index in [2.05, 4.69) is 10.6 Å². The van der Waals surface area contributed by atoms with Gasteiger partial charge in [-0.2, -0.15) is 0 Å². The fourth-order valence-electron chi connectivity index (χ4n) is 6.90. The Morgan fingerprint density at radius 1 is 0.470 bits per heavy atom. The van der Waals surface area contributed by atoms with Gasteiger partial charge in [-0.15, -0.1) is 0 Å². The summed E-state index contributed by atoms with van der Waals surface area (Å²) in [5.74, 6) is -0.633. The zero-order valence-corrected chi connectivity index (χ0v) is 37.9. The first-order valence-electron chi connectivity index (χ1n) is 22.5. The van der Waals surface area contributed by atoms with Crippen LogP contribution in [0.4, 0.5) is 21.0 Å². The van der Waals surface area contributed by atoms with Gasteiger partial charge in [0.2, 0.25) is 0 Å². The number of hydrogen-bond donors (Lipinski definition) is 6. The molecular formula is C50H66N4O12. The van der Waals surface area contributed by atoms with Crippen LogP contribution < -0.4 is 10.6 Å². The van der Waals surface area contributed by atoms with Crippen LogP contribution in [-0.2, 0) is 54.2 Å². The summed E-state index contributed by atoms with van der Waals surface area (Å²) in [6.45, 7) is 5.01. The van der Waals surface area contributed by atoms with Gasteiger partial charge in [-0.05, 0) is 89.2 Å². The number of anilines is 2. The molecule has 0 saturated heterocycles. The molecule has 0 radical (unpaired) electrons. The third-order valence-corrected chi connectivity index (χ3v) is 10.8. The fourth-order valence-corrected chi connectivity index (χ4v) is 6.90. The second-order valence-corrected chi connectivity index (χ2v) is 15.8. The first-order valence-corrected chi connectivity index (χ1v) is 22.5. The molecule has 4 aromatic carbocycles. The van der Waals surface area contributed by atoms with E-state index in [0.29, 0.717) is 69.9 Å². The number of aliphatic hydroxyl groups is 4. The molecule has 0 aliphatic carbocycles. The standard InChI is InChI=1S/C50H66N4O12/c1-2-38(37-66-48(60)36-44-9-5-40(6-10-44)33-39-3-7-43(8-4-39)35-47(59)63-31-24-53(20-26-55)21-27-56)19-30-64-49(61)51-45-15-11-41(12-16-45)34-42-13-17-46(18-14-42)52-50(62)65-32-25-54(22-28-57)23-29-58/h3-18,38,55-58H,2,19-37H2,1H3,(H,51,61)(H,52,62). The van der Waals surface area contributed by atoms with Crippen LogP contribution in [0.15, 0.2) is 97.1 Å². The quantitative estimate of drug-likeness (QED) is 0.0306. The molecule has 0 aromatic heterocycles. The number of benzene rings is 4. The van der Waals surface area contributed by atoms with Crippen LogP contribution >= 0.6 is 0 Å². The van der Waals surface area contributed by atoms with E-state index in [9.17, 15) is 19.2 Å². The molecule has 0 heterocycles.